The zero-order valence-corrected chi connectivity index (χ0v) is 8.34. The fourth-order valence-electron chi connectivity index (χ4n) is 3.59. The van der Waals surface area contributed by atoms with Crippen LogP contribution in [0.2, 0.25) is 0 Å². The molecule has 0 radical (unpaired) electrons. The van der Waals surface area contributed by atoms with E-state index < -0.39 is 0 Å². The van der Waals surface area contributed by atoms with Crippen molar-refractivity contribution >= 4 is 0 Å². The predicted octanol–water partition coefficient (Wildman–Crippen LogP) is 1.22. The van der Waals surface area contributed by atoms with Crippen LogP contribution in [-0.4, -0.2) is 36.6 Å². The molecule has 0 aromatic rings. The predicted molar refractivity (Wildman–Crippen MR) is 53.7 cm³/mol. The Bertz CT molecular complexity index is 193. The first kappa shape index (κ1) is 8.25. The highest BCUT2D eigenvalue weighted by Gasteiger charge is 2.40. The van der Waals surface area contributed by atoms with Gasteiger partial charge in [-0.1, -0.05) is 6.42 Å². The van der Waals surface area contributed by atoms with Gasteiger partial charge in [-0.3, -0.25) is 4.90 Å². The van der Waals surface area contributed by atoms with Gasteiger partial charge in [0, 0.05) is 12.1 Å². The monoisotopic (exact) mass is 180 g/mol. The number of nitrogens with one attached hydrogen (secondary N) is 1. The molecule has 74 valence electrons. The molecular formula is C11H20N2. The second-order valence-corrected chi connectivity index (χ2v) is 4.92. The van der Waals surface area contributed by atoms with Crippen molar-refractivity contribution in [1.29, 1.82) is 0 Å². The van der Waals surface area contributed by atoms with Gasteiger partial charge >= 0.3 is 0 Å². The fraction of sp³-hybridized carbons (Fsp3) is 1.00. The summed E-state index contributed by atoms with van der Waals surface area (Å²) in [6, 6.07) is 1.75. The van der Waals surface area contributed by atoms with Crippen molar-refractivity contribution in [1.82, 2.24) is 10.2 Å². The normalized spacial score (nSPS) is 45.7. The van der Waals surface area contributed by atoms with Crippen molar-refractivity contribution < 1.29 is 0 Å². The van der Waals surface area contributed by atoms with Crippen molar-refractivity contribution in [3.05, 3.63) is 0 Å². The van der Waals surface area contributed by atoms with Crippen molar-refractivity contribution in [3.63, 3.8) is 0 Å². The Morgan fingerprint density at radius 1 is 1.00 bits per heavy atom. The zero-order chi connectivity index (χ0) is 8.67. The summed E-state index contributed by atoms with van der Waals surface area (Å²) in [4.78, 5) is 2.74. The van der Waals surface area contributed by atoms with Gasteiger partial charge in [0.05, 0.1) is 0 Å². The van der Waals surface area contributed by atoms with E-state index in [1.807, 2.05) is 0 Å². The Balaban J connectivity index is 1.77. The Morgan fingerprint density at radius 3 is 3.00 bits per heavy atom. The molecule has 3 aliphatic rings. The number of fused-ring (bicyclic) bond motifs is 3. The van der Waals surface area contributed by atoms with Crippen LogP contribution in [0.25, 0.3) is 0 Å². The Hall–Kier alpha value is -0.0800. The minimum atomic E-state index is 0.856. The molecule has 0 aromatic carbocycles. The summed E-state index contributed by atoms with van der Waals surface area (Å²) in [7, 11) is 0. The molecule has 1 N–H and O–H groups in total. The molecule has 3 heterocycles. The van der Waals surface area contributed by atoms with E-state index >= 15 is 0 Å². The molecule has 0 bridgehead atoms. The van der Waals surface area contributed by atoms with E-state index in [-0.39, 0.29) is 0 Å². The van der Waals surface area contributed by atoms with E-state index in [0.717, 1.165) is 18.0 Å². The number of piperidine rings is 2. The van der Waals surface area contributed by atoms with E-state index in [2.05, 4.69) is 10.2 Å². The number of nitrogens with zero attached hydrogens (tertiary/aromatic N) is 1. The summed E-state index contributed by atoms with van der Waals surface area (Å²) in [6.45, 7) is 4.03. The summed E-state index contributed by atoms with van der Waals surface area (Å²) in [5.41, 5.74) is 0. The highest BCUT2D eigenvalue weighted by Crippen LogP contribution is 2.34. The second kappa shape index (κ2) is 3.25. The van der Waals surface area contributed by atoms with E-state index in [1.54, 1.807) is 0 Å². The van der Waals surface area contributed by atoms with Crippen molar-refractivity contribution in [3.8, 4) is 0 Å². The number of hydrogen-bond donors (Lipinski definition) is 1. The molecule has 3 rings (SSSR count). The van der Waals surface area contributed by atoms with E-state index in [1.165, 1.54) is 51.7 Å². The molecule has 2 heteroatoms. The van der Waals surface area contributed by atoms with Gasteiger partial charge in [-0.2, -0.15) is 0 Å². The van der Waals surface area contributed by atoms with Gasteiger partial charge in [-0.05, 0) is 51.2 Å². The molecule has 3 unspecified atom stereocenters. The largest absolute Gasteiger partial charge is 0.312 e. The first-order chi connectivity index (χ1) is 6.45. The number of rotatable bonds is 0. The van der Waals surface area contributed by atoms with Crippen LogP contribution in [-0.2, 0) is 0 Å². The summed E-state index contributed by atoms with van der Waals surface area (Å²) in [5, 5.41) is 3.72. The van der Waals surface area contributed by atoms with Crippen LogP contribution in [0.4, 0.5) is 0 Å². The van der Waals surface area contributed by atoms with E-state index in [0.29, 0.717) is 0 Å². The SMILES string of the molecule is C1CCN2CCC3CCNC3C2C1. The molecule has 0 saturated carbocycles. The fourth-order valence-corrected chi connectivity index (χ4v) is 3.59. The molecule has 0 amide bonds. The quantitative estimate of drug-likeness (QED) is 0.603. The lowest BCUT2D eigenvalue weighted by atomic mass is 9.82. The minimum absolute atomic E-state index is 0.856. The molecule has 3 fully saturated rings. The van der Waals surface area contributed by atoms with Crippen LogP contribution in [0.1, 0.15) is 32.1 Å². The van der Waals surface area contributed by atoms with Gasteiger partial charge in [0.15, 0.2) is 0 Å². The lowest BCUT2D eigenvalue weighted by Crippen LogP contribution is -2.56. The molecule has 2 nitrogen and oxygen atoms in total. The van der Waals surface area contributed by atoms with Crippen molar-refractivity contribution in [2.24, 2.45) is 5.92 Å². The van der Waals surface area contributed by atoms with Crippen LogP contribution < -0.4 is 5.32 Å². The average Bonchev–Trinajstić information content (AvgIpc) is 2.65. The van der Waals surface area contributed by atoms with Gasteiger partial charge in [0.25, 0.3) is 0 Å². The third-order valence-electron chi connectivity index (χ3n) is 4.27. The van der Waals surface area contributed by atoms with Crippen LogP contribution in [0.5, 0.6) is 0 Å². The Kier molecular flexibility index (Phi) is 2.06. The number of hydrogen-bond acceptors (Lipinski definition) is 2. The lowest BCUT2D eigenvalue weighted by molar-refractivity contribution is 0.0615. The topological polar surface area (TPSA) is 15.3 Å². The third kappa shape index (κ3) is 1.31. The maximum absolute atomic E-state index is 3.72. The van der Waals surface area contributed by atoms with Gasteiger partial charge in [0.1, 0.15) is 0 Å². The Morgan fingerprint density at radius 2 is 2.00 bits per heavy atom. The Labute approximate surface area is 80.7 Å². The lowest BCUT2D eigenvalue weighted by Gasteiger charge is -2.45. The highest BCUT2D eigenvalue weighted by atomic mass is 15.2. The van der Waals surface area contributed by atoms with Gasteiger partial charge in [-0.25, -0.2) is 0 Å². The zero-order valence-electron chi connectivity index (χ0n) is 8.34. The maximum Gasteiger partial charge on any atom is 0.0252 e. The first-order valence-electron chi connectivity index (χ1n) is 5.92. The molecule has 0 aromatic heterocycles. The average molecular weight is 180 g/mol. The molecule has 0 aliphatic carbocycles. The standard InChI is InChI=1S/C11H20N2/c1-2-7-13-8-5-9-4-6-12-11(9)10(13)3-1/h9-12H,1-8H2. The van der Waals surface area contributed by atoms with Crippen molar-refractivity contribution in [2.75, 3.05) is 19.6 Å². The highest BCUT2D eigenvalue weighted by molar-refractivity contribution is 4.99. The van der Waals surface area contributed by atoms with Crippen LogP contribution in [0.3, 0.4) is 0 Å². The molecule has 3 atom stereocenters. The van der Waals surface area contributed by atoms with E-state index in [4.69, 9.17) is 0 Å². The second-order valence-electron chi connectivity index (χ2n) is 4.92. The van der Waals surface area contributed by atoms with Crippen LogP contribution in [0.15, 0.2) is 0 Å². The molecule has 3 aliphatic heterocycles. The van der Waals surface area contributed by atoms with Gasteiger partial charge < -0.3 is 5.32 Å². The van der Waals surface area contributed by atoms with Crippen LogP contribution >= 0.6 is 0 Å². The summed E-state index contributed by atoms with van der Waals surface area (Å²) < 4.78 is 0. The summed E-state index contributed by atoms with van der Waals surface area (Å²) >= 11 is 0. The summed E-state index contributed by atoms with van der Waals surface area (Å²) in [5.74, 6) is 1.01. The maximum atomic E-state index is 3.72. The molecule has 3 saturated heterocycles. The molecular weight excluding hydrogens is 160 g/mol. The van der Waals surface area contributed by atoms with Crippen LogP contribution in [0, 0.1) is 5.92 Å². The smallest absolute Gasteiger partial charge is 0.0252 e. The summed E-state index contributed by atoms with van der Waals surface area (Å²) in [6.07, 6.45) is 7.25. The minimum Gasteiger partial charge on any atom is -0.312 e. The van der Waals surface area contributed by atoms with Gasteiger partial charge in [0.2, 0.25) is 0 Å². The third-order valence-corrected chi connectivity index (χ3v) is 4.27. The molecule has 0 spiro atoms. The van der Waals surface area contributed by atoms with E-state index in [9.17, 15) is 0 Å². The van der Waals surface area contributed by atoms with Gasteiger partial charge in [-0.15, -0.1) is 0 Å². The molecule has 13 heavy (non-hydrogen) atoms. The van der Waals surface area contributed by atoms with Crippen molar-refractivity contribution in [2.45, 2.75) is 44.2 Å². The first-order valence-corrected chi connectivity index (χ1v) is 5.92.